The van der Waals surface area contributed by atoms with Gasteiger partial charge >= 0.3 is 0 Å². The number of carbonyl (C=O) groups is 1. The molecule has 0 saturated carbocycles. The number of hydrogen-bond acceptors (Lipinski definition) is 6. The maximum atomic E-state index is 12.5. The highest BCUT2D eigenvalue weighted by Gasteiger charge is 2.28. The molecule has 7 nitrogen and oxygen atoms in total. The summed E-state index contributed by atoms with van der Waals surface area (Å²) in [5.74, 6) is 1.07. The molecule has 3 heterocycles. The molecule has 1 aromatic heterocycles. The number of nitriles is 1. The first kappa shape index (κ1) is 20.1. The van der Waals surface area contributed by atoms with Crippen LogP contribution in [0, 0.1) is 11.3 Å². The molecule has 1 amide bonds. The predicted molar refractivity (Wildman–Crippen MR) is 111 cm³/mol. The van der Waals surface area contributed by atoms with Crippen molar-refractivity contribution >= 4 is 11.7 Å². The van der Waals surface area contributed by atoms with Crippen LogP contribution in [0.1, 0.15) is 42.1 Å². The van der Waals surface area contributed by atoms with Gasteiger partial charge in [-0.3, -0.25) is 9.69 Å². The summed E-state index contributed by atoms with van der Waals surface area (Å²) in [4.78, 5) is 23.9. The third-order valence-electron chi connectivity index (χ3n) is 6.33. The first-order valence-electron chi connectivity index (χ1n) is 11.0. The van der Waals surface area contributed by atoms with E-state index in [2.05, 4.69) is 22.8 Å². The molecule has 1 aromatic rings. The summed E-state index contributed by atoms with van der Waals surface area (Å²) in [6.07, 6.45) is 5.24. The van der Waals surface area contributed by atoms with Crippen LogP contribution in [0.3, 0.4) is 0 Å². The van der Waals surface area contributed by atoms with Crippen molar-refractivity contribution in [1.82, 2.24) is 14.8 Å². The summed E-state index contributed by atoms with van der Waals surface area (Å²) >= 11 is 0. The summed E-state index contributed by atoms with van der Waals surface area (Å²) in [5.41, 5.74) is 4.56. The first-order chi connectivity index (χ1) is 14.2. The molecular weight excluding hydrogens is 366 g/mol. The maximum absolute atomic E-state index is 12.5. The van der Waals surface area contributed by atoms with E-state index in [0.29, 0.717) is 32.8 Å². The van der Waals surface area contributed by atoms with Gasteiger partial charge in [0.25, 0.3) is 0 Å². The Morgan fingerprint density at radius 2 is 1.83 bits per heavy atom. The summed E-state index contributed by atoms with van der Waals surface area (Å²) in [7, 11) is 0. The van der Waals surface area contributed by atoms with Gasteiger partial charge in [-0.05, 0) is 36.8 Å². The highest BCUT2D eigenvalue weighted by Crippen LogP contribution is 2.33. The van der Waals surface area contributed by atoms with E-state index >= 15 is 0 Å². The normalized spacial score (nSPS) is 19.9. The van der Waals surface area contributed by atoms with Crippen molar-refractivity contribution in [3.05, 3.63) is 22.4 Å². The highest BCUT2D eigenvalue weighted by molar-refractivity contribution is 5.78. The smallest absolute Gasteiger partial charge is 0.236 e. The summed E-state index contributed by atoms with van der Waals surface area (Å²) in [6, 6.07) is 2.46. The molecule has 4 rings (SSSR count). The molecule has 0 bridgehead atoms. The lowest BCUT2D eigenvalue weighted by Crippen LogP contribution is -2.52. The van der Waals surface area contributed by atoms with Crippen LogP contribution in [0.15, 0.2) is 0 Å². The van der Waals surface area contributed by atoms with Crippen LogP contribution in [-0.4, -0.2) is 79.7 Å². The number of fused-ring (bicyclic) bond motifs is 1. The Balaban J connectivity index is 1.44. The van der Waals surface area contributed by atoms with Gasteiger partial charge in [0.1, 0.15) is 11.9 Å². The van der Waals surface area contributed by atoms with Gasteiger partial charge in [0.05, 0.1) is 25.3 Å². The van der Waals surface area contributed by atoms with Crippen molar-refractivity contribution in [3.8, 4) is 6.07 Å². The standard InChI is InChI=1S/C22H31N5O2/c1-2-4-20-18-6-3-5-17(18)19(15-23)22(24-20)27-9-7-25(8-10-27)16-21(28)26-11-13-29-14-12-26/h2-14,16H2,1H3. The second kappa shape index (κ2) is 9.10. The number of nitrogens with zero attached hydrogens (tertiary/aromatic N) is 5. The number of aromatic nitrogens is 1. The number of ether oxygens (including phenoxy) is 1. The van der Waals surface area contributed by atoms with Crippen molar-refractivity contribution in [2.24, 2.45) is 0 Å². The molecule has 2 saturated heterocycles. The lowest BCUT2D eigenvalue weighted by atomic mass is 10.0. The number of amides is 1. The first-order valence-corrected chi connectivity index (χ1v) is 11.0. The van der Waals surface area contributed by atoms with E-state index in [1.807, 2.05) is 4.90 Å². The Bertz CT molecular complexity index is 789. The molecule has 0 radical (unpaired) electrons. The quantitative estimate of drug-likeness (QED) is 0.747. The van der Waals surface area contributed by atoms with Gasteiger partial charge in [0.2, 0.25) is 5.91 Å². The zero-order valence-electron chi connectivity index (χ0n) is 17.5. The van der Waals surface area contributed by atoms with Gasteiger partial charge in [-0.25, -0.2) is 4.98 Å². The van der Waals surface area contributed by atoms with Crippen molar-refractivity contribution in [3.63, 3.8) is 0 Å². The average Bonchev–Trinajstić information content (AvgIpc) is 3.25. The zero-order valence-corrected chi connectivity index (χ0v) is 17.5. The van der Waals surface area contributed by atoms with Gasteiger partial charge in [-0.1, -0.05) is 13.3 Å². The molecule has 0 N–H and O–H groups in total. The van der Waals surface area contributed by atoms with Gasteiger partial charge in [-0.2, -0.15) is 5.26 Å². The van der Waals surface area contributed by atoms with Crippen molar-refractivity contribution in [2.75, 3.05) is 63.9 Å². The third-order valence-corrected chi connectivity index (χ3v) is 6.33. The van der Waals surface area contributed by atoms with Crippen molar-refractivity contribution in [2.45, 2.75) is 39.0 Å². The fourth-order valence-corrected chi connectivity index (χ4v) is 4.74. The number of rotatable bonds is 5. The number of piperazine rings is 1. The Hall–Kier alpha value is -2.17. The van der Waals surface area contributed by atoms with Crippen molar-refractivity contribution < 1.29 is 9.53 Å². The molecule has 156 valence electrons. The second-order valence-electron chi connectivity index (χ2n) is 8.19. The molecule has 0 spiro atoms. The molecular formula is C22H31N5O2. The second-order valence-corrected chi connectivity index (χ2v) is 8.19. The van der Waals surface area contributed by atoms with E-state index in [-0.39, 0.29) is 5.91 Å². The van der Waals surface area contributed by atoms with Gasteiger partial charge in [-0.15, -0.1) is 0 Å². The Labute approximate surface area is 173 Å². The van der Waals surface area contributed by atoms with Crippen LogP contribution in [0.4, 0.5) is 5.82 Å². The van der Waals surface area contributed by atoms with Gasteiger partial charge in [0, 0.05) is 45.0 Å². The number of pyridine rings is 1. The number of aryl methyl sites for hydroxylation is 1. The third kappa shape index (κ3) is 4.24. The molecule has 0 atom stereocenters. The number of carbonyl (C=O) groups excluding carboxylic acids is 1. The topological polar surface area (TPSA) is 72.7 Å². The van der Waals surface area contributed by atoms with E-state index in [1.54, 1.807) is 0 Å². The molecule has 0 aromatic carbocycles. The fraction of sp³-hybridized carbons (Fsp3) is 0.682. The summed E-state index contributed by atoms with van der Waals surface area (Å²) in [6.45, 7) is 8.59. The van der Waals surface area contributed by atoms with Crippen LogP contribution in [0.25, 0.3) is 0 Å². The molecule has 1 aliphatic carbocycles. The summed E-state index contributed by atoms with van der Waals surface area (Å²) in [5, 5.41) is 9.86. The molecule has 2 fully saturated rings. The lowest BCUT2D eigenvalue weighted by Gasteiger charge is -2.37. The molecule has 2 aliphatic heterocycles. The van der Waals surface area contributed by atoms with Crippen LogP contribution in [0.5, 0.6) is 0 Å². The maximum Gasteiger partial charge on any atom is 0.236 e. The minimum Gasteiger partial charge on any atom is -0.378 e. The van der Waals surface area contributed by atoms with E-state index in [4.69, 9.17) is 9.72 Å². The largest absolute Gasteiger partial charge is 0.378 e. The van der Waals surface area contributed by atoms with Gasteiger partial charge in [0.15, 0.2) is 0 Å². The number of hydrogen-bond donors (Lipinski definition) is 0. The predicted octanol–water partition coefficient (Wildman–Crippen LogP) is 1.38. The Morgan fingerprint density at radius 1 is 1.10 bits per heavy atom. The van der Waals surface area contributed by atoms with Gasteiger partial charge < -0.3 is 14.5 Å². The number of anilines is 1. The zero-order chi connectivity index (χ0) is 20.2. The minimum atomic E-state index is 0.195. The van der Waals surface area contributed by atoms with Crippen LogP contribution in [-0.2, 0) is 28.8 Å². The van der Waals surface area contributed by atoms with E-state index in [1.165, 1.54) is 16.8 Å². The van der Waals surface area contributed by atoms with Crippen LogP contribution < -0.4 is 4.90 Å². The molecule has 3 aliphatic rings. The Kier molecular flexibility index (Phi) is 6.31. The van der Waals surface area contributed by atoms with E-state index in [0.717, 1.165) is 69.7 Å². The summed E-state index contributed by atoms with van der Waals surface area (Å²) < 4.78 is 5.34. The molecule has 29 heavy (non-hydrogen) atoms. The average molecular weight is 398 g/mol. The van der Waals surface area contributed by atoms with Crippen LogP contribution in [0.2, 0.25) is 0 Å². The fourth-order valence-electron chi connectivity index (χ4n) is 4.74. The molecule has 0 unspecified atom stereocenters. The van der Waals surface area contributed by atoms with E-state index < -0.39 is 0 Å². The van der Waals surface area contributed by atoms with Crippen molar-refractivity contribution in [1.29, 1.82) is 5.26 Å². The van der Waals surface area contributed by atoms with Crippen LogP contribution >= 0.6 is 0 Å². The lowest BCUT2D eigenvalue weighted by molar-refractivity contribution is -0.136. The monoisotopic (exact) mass is 397 g/mol. The number of morpholine rings is 1. The highest BCUT2D eigenvalue weighted by atomic mass is 16.5. The Morgan fingerprint density at radius 3 is 2.52 bits per heavy atom. The van der Waals surface area contributed by atoms with E-state index in [9.17, 15) is 10.1 Å². The SMILES string of the molecule is CCCc1nc(N2CCN(CC(=O)N3CCOCC3)CC2)c(C#N)c2c1CCC2. The molecule has 7 heteroatoms. The minimum absolute atomic E-state index is 0.195.